The van der Waals surface area contributed by atoms with Crippen molar-refractivity contribution >= 4 is 16.0 Å². The molecule has 6 nitrogen and oxygen atoms in total. The molecule has 1 aliphatic rings. The van der Waals surface area contributed by atoms with Gasteiger partial charge in [-0.2, -0.15) is 4.31 Å². The van der Waals surface area contributed by atoms with E-state index in [1.54, 1.807) is 4.31 Å². The molecule has 1 unspecified atom stereocenters. The van der Waals surface area contributed by atoms with Crippen LogP contribution in [0.4, 0.5) is 5.95 Å². The largest absolute Gasteiger partial charge is 0.368 e. The van der Waals surface area contributed by atoms with E-state index in [2.05, 4.69) is 9.97 Å². The highest BCUT2D eigenvalue weighted by Gasteiger charge is 2.32. The average molecular weight is 270 g/mol. The minimum Gasteiger partial charge on any atom is -0.368 e. The van der Waals surface area contributed by atoms with E-state index in [-0.39, 0.29) is 16.9 Å². The van der Waals surface area contributed by atoms with Crippen LogP contribution in [0.15, 0.2) is 17.3 Å². The van der Waals surface area contributed by atoms with E-state index in [1.165, 1.54) is 12.4 Å². The Hall–Kier alpha value is -1.21. The van der Waals surface area contributed by atoms with Crippen molar-refractivity contribution in [2.45, 2.75) is 43.5 Å². The van der Waals surface area contributed by atoms with Crippen LogP contribution in [0.25, 0.3) is 0 Å². The summed E-state index contributed by atoms with van der Waals surface area (Å²) >= 11 is 0. The summed E-state index contributed by atoms with van der Waals surface area (Å²) in [4.78, 5) is 7.63. The van der Waals surface area contributed by atoms with E-state index in [0.29, 0.717) is 6.54 Å². The number of nitrogens with two attached hydrogens (primary N) is 1. The van der Waals surface area contributed by atoms with Crippen molar-refractivity contribution in [1.82, 2.24) is 14.3 Å². The number of piperidine rings is 1. The molecule has 18 heavy (non-hydrogen) atoms. The van der Waals surface area contributed by atoms with Gasteiger partial charge in [-0.15, -0.1) is 0 Å². The Labute approximate surface area is 107 Å². The van der Waals surface area contributed by atoms with Gasteiger partial charge in [0, 0.05) is 12.6 Å². The molecule has 2 N–H and O–H groups in total. The van der Waals surface area contributed by atoms with Gasteiger partial charge in [-0.1, -0.05) is 13.3 Å². The van der Waals surface area contributed by atoms with Crippen molar-refractivity contribution in [3.05, 3.63) is 12.4 Å². The number of nitrogen functional groups attached to an aromatic ring is 1. The van der Waals surface area contributed by atoms with Gasteiger partial charge in [0.25, 0.3) is 0 Å². The number of sulfonamides is 1. The number of aromatic nitrogens is 2. The highest BCUT2D eigenvalue weighted by molar-refractivity contribution is 7.89. The fourth-order valence-electron chi connectivity index (χ4n) is 2.29. The van der Waals surface area contributed by atoms with Gasteiger partial charge in [-0.3, -0.25) is 0 Å². The SMILES string of the molecule is CCC1CCCCN1S(=O)(=O)c1cnc(N)nc1. The van der Waals surface area contributed by atoms with Crippen molar-refractivity contribution in [2.75, 3.05) is 12.3 Å². The lowest BCUT2D eigenvalue weighted by molar-refractivity contribution is 0.246. The first kappa shape index (κ1) is 13.2. The monoisotopic (exact) mass is 270 g/mol. The predicted molar refractivity (Wildman–Crippen MR) is 68.3 cm³/mol. The van der Waals surface area contributed by atoms with Crippen LogP contribution in [0, 0.1) is 0 Å². The summed E-state index contributed by atoms with van der Waals surface area (Å²) in [5.74, 6) is 0.0830. The Balaban J connectivity index is 2.32. The lowest BCUT2D eigenvalue weighted by Crippen LogP contribution is -2.43. The van der Waals surface area contributed by atoms with Gasteiger partial charge in [0.15, 0.2) is 0 Å². The molecule has 100 valence electrons. The summed E-state index contributed by atoms with van der Waals surface area (Å²) < 4.78 is 26.5. The van der Waals surface area contributed by atoms with Crippen molar-refractivity contribution in [3.63, 3.8) is 0 Å². The van der Waals surface area contributed by atoms with Crippen LogP contribution in [0.3, 0.4) is 0 Å². The molecule has 0 saturated carbocycles. The molecule has 1 aromatic heterocycles. The van der Waals surface area contributed by atoms with Gasteiger partial charge >= 0.3 is 0 Å². The number of nitrogens with zero attached hydrogens (tertiary/aromatic N) is 3. The molecule has 2 rings (SSSR count). The third-order valence-corrected chi connectivity index (χ3v) is 5.20. The van der Waals surface area contributed by atoms with E-state index in [4.69, 9.17) is 5.73 Å². The maximum absolute atomic E-state index is 12.5. The summed E-state index contributed by atoms with van der Waals surface area (Å²) in [5.41, 5.74) is 5.37. The quantitative estimate of drug-likeness (QED) is 0.885. The summed E-state index contributed by atoms with van der Waals surface area (Å²) in [6.07, 6.45) is 6.30. The second-order valence-corrected chi connectivity index (χ2v) is 6.34. The number of rotatable bonds is 3. The third kappa shape index (κ3) is 2.46. The normalized spacial score (nSPS) is 21.9. The Morgan fingerprint density at radius 1 is 1.39 bits per heavy atom. The second-order valence-electron chi connectivity index (χ2n) is 4.45. The van der Waals surface area contributed by atoms with Crippen molar-refractivity contribution in [3.8, 4) is 0 Å². The minimum atomic E-state index is -3.49. The molecule has 0 amide bonds. The Morgan fingerprint density at radius 2 is 2.06 bits per heavy atom. The molecule has 0 bridgehead atoms. The maximum Gasteiger partial charge on any atom is 0.246 e. The first-order valence-corrected chi connectivity index (χ1v) is 7.59. The van der Waals surface area contributed by atoms with E-state index < -0.39 is 10.0 Å². The highest BCUT2D eigenvalue weighted by atomic mass is 32.2. The van der Waals surface area contributed by atoms with E-state index in [1.807, 2.05) is 6.92 Å². The van der Waals surface area contributed by atoms with Gasteiger partial charge in [0.1, 0.15) is 4.90 Å². The molecule has 1 aromatic rings. The number of hydrogen-bond acceptors (Lipinski definition) is 5. The van der Waals surface area contributed by atoms with Crippen molar-refractivity contribution in [1.29, 1.82) is 0 Å². The number of hydrogen-bond donors (Lipinski definition) is 1. The maximum atomic E-state index is 12.5. The molecule has 7 heteroatoms. The van der Waals surface area contributed by atoms with Crippen LogP contribution in [-0.2, 0) is 10.0 Å². The zero-order valence-electron chi connectivity index (χ0n) is 10.4. The van der Waals surface area contributed by atoms with Crippen LogP contribution < -0.4 is 5.73 Å². The average Bonchev–Trinajstić information content (AvgIpc) is 2.39. The molecule has 0 spiro atoms. The highest BCUT2D eigenvalue weighted by Crippen LogP contribution is 2.26. The minimum absolute atomic E-state index is 0.0830. The topological polar surface area (TPSA) is 89.2 Å². The molecular formula is C11H18N4O2S. The summed E-state index contributed by atoms with van der Waals surface area (Å²) in [6.45, 7) is 2.59. The van der Waals surface area contributed by atoms with Crippen LogP contribution >= 0.6 is 0 Å². The van der Waals surface area contributed by atoms with Gasteiger partial charge < -0.3 is 5.73 Å². The smallest absolute Gasteiger partial charge is 0.246 e. The van der Waals surface area contributed by atoms with Gasteiger partial charge in [0.05, 0.1) is 12.4 Å². The molecule has 0 aliphatic carbocycles. The van der Waals surface area contributed by atoms with Crippen LogP contribution in [0.1, 0.15) is 32.6 Å². The van der Waals surface area contributed by atoms with Gasteiger partial charge in [0.2, 0.25) is 16.0 Å². The predicted octanol–water partition coefficient (Wildman–Crippen LogP) is 1.01. The second kappa shape index (κ2) is 5.19. The third-order valence-electron chi connectivity index (χ3n) is 3.30. The van der Waals surface area contributed by atoms with E-state index in [9.17, 15) is 8.42 Å². The standard InChI is InChI=1S/C11H18N4O2S/c1-2-9-5-3-4-6-15(9)18(16,17)10-7-13-11(12)14-8-10/h7-9H,2-6H2,1H3,(H2,12,13,14). The number of anilines is 1. The lowest BCUT2D eigenvalue weighted by Gasteiger charge is -2.33. The molecule has 0 aromatic carbocycles. The van der Waals surface area contributed by atoms with Crippen molar-refractivity contribution < 1.29 is 8.42 Å². The molecule has 1 atom stereocenters. The zero-order chi connectivity index (χ0) is 13.2. The Morgan fingerprint density at radius 3 is 2.67 bits per heavy atom. The summed E-state index contributed by atoms with van der Waals surface area (Å²) in [6, 6.07) is 0.0845. The molecular weight excluding hydrogens is 252 g/mol. The van der Waals surface area contributed by atoms with Crippen LogP contribution in [0.2, 0.25) is 0 Å². The van der Waals surface area contributed by atoms with E-state index >= 15 is 0 Å². The summed E-state index contributed by atoms with van der Waals surface area (Å²) in [5, 5.41) is 0. The molecule has 1 fully saturated rings. The zero-order valence-corrected chi connectivity index (χ0v) is 11.2. The van der Waals surface area contributed by atoms with Crippen LogP contribution in [0.5, 0.6) is 0 Å². The Bertz CT molecular complexity index is 500. The van der Waals surface area contributed by atoms with Crippen molar-refractivity contribution in [2.24, 2.45) is 0 Å². The molecule has 1 saturated heterocycles. The molecule has 0 radical (unpaired) electrons. The Kier molecular flexibility index (Phi) is 3.82. The molecule has 1 aliphatic heterocycles. The molecule has 2 heterocycles. The first-order chi connectivity index (χ1) is 8.55. The summed E-state index contributed by atoms with van der Waals surface area (Å²) in [7, 11) is -3.49. The van der Waals surface area contributed by atoms with Gasteiger partial charge in [-0.05, 0) is 19.3 Å². The lowest BCUT2D eigenvalue weighted by atomic mass is 10.0. The fraction of sp³-hybridized carbons (Fsp3) is 0.636. The van der Waals surface area contributed by atoms with Gasteiger partial charge in [-0.25, -0.2) is 18.4 Å². The van der Waals surface area contributed by atoms with E-state index in [0.717, 1.165) is 25.7 Å². The fourth-order valence-corrected chi connectivity index (χ4v) is 3.95. The van der Waals surface area contributed by atoms with Crippen LogP contribution in [-0.4, -0.2) is 35.3 Å². The first-order valence-electron chi connectivity index (χ1n) is 6.15.